The fourth-order valence-corrected chi connectivity index (χ4v) is 12.0. The smallest absolute Gasteiger partial charge is 0.0663 e. The van der Waals surface area contributed by atoms with Crippen LogP contribution in [-0.4, -0.2) is 23.9 Å². The van der Waals surface area contributed by atoms with E-state index in [1.165, 1.54) is 57.8 Å². The molecular formula is C30H50O2. The maximum atomic E-state index is 10.9. The summed E-state index contributed by atoms with van der Waals surface area (Å²) in [5.41, 5.74) is 2.16. The molecule has 0 radical (unpaired) electrons. The Hall–Kier alpha value is -0.0800. The van der Waals surface area contributed by atoms with Crippen molar-refractivity contribution < 1.29 is 9.84 Å². The van der Waals surface area contributed by atoms with E-state index in [-0.39, 0.29) is 11.5 Å². The lowest BCUT2D eigenvalue weighted by molar-refractivity contribution is -0.252. The first-order chi connectivity index (χ1) is 14.8. The lowest BCUT2D eigenvalue weighted by atomic mass is 9.31. The van der Waals surface area contributed by atoms with Gasteiger partial charge in [-0.15, -0.1) is 0 Å². The lowest BCUT2D eigenvalue weighted by Crippen LogP contribution is -2.67. The molecule has 6 fully saturated rings. The molecule has 6 aliphatic rings. The van der Waals surface area contributed by atoms with E-state index < -0.39 is 0 Å². The monoisotopic (exact) mass is 442 g/mol. The second-order valence-corrected chi connectivity index (χ2v) is 15.7. The van der Waals surface area contributed by atoms with E-state index >= 15 is 0 Å². The van der Waals surface area contributed by atoms with Gasteiger partial charge in [-0.3, -0.25) is 0 Å². The van der Waals surface area contributed by atoms with Gasteiger partial charge in [0.15, 0.2) is 0 Å². The van der Waals surface area contributed by atoms with Gasteiger partial charge in [-0.2, -0.15) is 0 Å². The maximum Gasteiger partial charge on any atom is 0.0663 e. The zero-order chi connectivity index (χ0) is 22.9. The number of fused-ring (bicyclic) bond motifs is 5. The number of hydrogen-bond donors (Lipinski definition) is 1. The largest absolute Gasteiger partial charge is 0.393 e. The molecule has 182 valence electrons. The Bertz CT molecular complexity index is 801. The summed E-state index contributed by atoms with van der Waals surface area (Å²) >= 11 is 0. The zero-order valence-electron chi connectivity index (χ0n) is 22.1. The minimum atomic E-state index is -0.122. The fourth-order valence-electron chi connectivity index (χ4n) is 12.0. The molecule has 0 aromatic rings. The van der Waals surface area contributed by atoms with Crippen molar-refractivity contribution in [1.29, 1.82) is 0 Å². The summed E-state index contributed by atoms with van der Waals surface area (Å²) in [5.74, 6) is 3.11. The highest BCUT2D eigenvalue weighted by Crippen LogP contribution is 2.78. The standard InChI is InChI=1S/C30H50O2/c1-25(2)14-16-30-17-15-28(6)19(23(30)24(25)32-18-30)8-9-21-27(5)12-11-22(31)26(3,4)20(27)10-13-29(21,28)7/h19-24,31H,8-18H2,1-7H3/t19-,20+,21+,22+,23+,24-,27+,28-,29-,30-/m1/s1. The highest BCUT2D eigenvalue weighted by atomic mass is 16.5. The molecule has 5 aliphatic carbocycles. The van der Waals surface area contributed by atoms with Crippen LogP contribution in [0, 0.1) is 56.2 Å². The molecule has 1 aliphatic heterocycles. The molecule has 0 aromatic carbocycles. The van der Waals surface area contributed by atoms with Crippen molar-refractivity contribution in [2.24, 2.45) is 56.2 Å². The highest BCUT2D eigenvalue weighted by Gasteiger charge is 2.72. The molecule has 0 amide bonds. The van der Waals surface area contributed by atoms with Crippen LogP contribution >= 0.6 is 0 Å². The first kappa shape index (κ1) is 22.4. The summed E-state index contributed by atoms with van der Waals surface area (Å²) < 4.78 is 6.71. The lowest BCUT2D eigenvalue weighted by Gasteiger charge is -2.73. The van der Waals surface area contributed by atoms with E-state index in [2.05, 4.69) is 48.5 Å². The Balaban J connectivity index is 1.39. The average molecular weight is 443 g/mol. The molecule has 10 atom stereocenters. The molecule has 5 saturated carbocycles. The van der Waals surface area contributed by atoms with Gasteiger partial charge < -0.3 is 9.84 Å². The van der Waals surface area contributed by atoms with Crippen LogP contribution in [0.3, 0.4) is 0 Å². The Kier molecular flexibility index (Phi) is 4.46. The second kappa shape index (κ2) is 6.37. The highest BCUT2D eigenvalue weighted by molar-refractivity contribution is 5.21. The molecule has 1 N–H and O–H groups in total. The van der Waals surface area contributed by atoms with Crippen LogP contribution < -0.4 is 0 Å². The Morgan fingerprint density at radius 1 is 0.688 bits per heavy atom. The topological polar surface area (TPSA) is 29.5 Å². The summed E-state index contributed by atoms with van der Waals surface area (Å²) in [5, 5.41) is 10.9. The first-order valence-electron chi connectivity index (χ1n) is 14.1. The molecule has 1 saturated heterocycles. The van der Waals surface area contributed by atoms with Gasteiger partial charge in [0.2, 0.25) is 0 Å². The van der Waals surface area contributed by atoms with Crippen LogP contribution in [0.1, 0.15) is 113 Å². The number of hydrogen-bond acceptors (Lipinski definition) is 2. The molecule has 6 rings (SSSR count). The van der Waals surface area contributed by atoms with Crippen molar-refractivity contribution in [3.05, 3.63) is 0 Å². The van der Waals surface area contributed by atoms with E-state index in [1.54, 1.807) is 0 Å². The summed E-state index contributed by atoms with van der Waals surface area (Å²) in [6, 6.07) is 0. The number of aliphatic hydroxyl groups excluding tert-OH is 1. The van der Waals surface area contributed by atoms with Gasteiger partial charge in [-0.1, -0.05) is 48.5 Å². The van der Waals surface area contributed by atoms with Crippen molar-refractivity contribution in [2.75, 3.05) is 6.61 Å². The van der Waals surface area contributed by atoms with Gasteiger partial charge in [-0.25, -0.2) is 0 Å². The van der Waals surface area contributed by atoms with Crippen molar-refractivity contribution in [3.8, 4) is 0 Å². The molecule has 2 bridgehead atoms. The summed E-state index contributed by atoms with van der Waals surface area (Å²) in [6.07, 6.45) is 13.7. The Morgan fingerprint density at radius 3 is 2.16 bits per heavy atom. The third-order valence-corrected chi connectivity index (χ3v) is 14.1. The van der Waals surface area contributed by atoms with Crippen molar-refractivity contribution in [3.63, 3.8) is 0 Å². The van der Waals surface area contributed by atoms with Crippen LogP contribution in [0.2, 0.25) is 0 Å². The van der Waals surface area contributed by atoms with E-state index in [0.29, 0.717) is 39.1 Å². The van der Waals surface area contributed by atoms with Crippen LogP contribution in [0.15, 0.2) is 0 Å². The third kappa shape index (κ3) is 2.41. The van der Waals surface area contributed by atoms with Crippen molar-refractivity contribution in [1.82, 2.24) is 0 Å². The summed E-state index contributed by atoms with van der Waals surface area (Å²) in [4.78, 5) is 0. The van der Waals surface area contributed by atoms with E-state index in [1.807, 2.05) is 0 Å². The molecule has 0 spiro atoms. The van der Waals surface area contributed by atoms with Gasteiger partial charge >= 0.3 is 0 Å². The number of rotatable bonds is 0. The molecule has 1 heterocycles. The fraction of sp³-hybridized carbons (Fsp3) is 1.00. The zero-order valence-corrected chi connectivity index (χ0v) is 22.1. The first-order valence-corrected chi connectivity index (χ1v) is 14.1. The average Bonchev–Trinajstić information content (AvgIpc) is 3.05. The minimum absolute atomic E-state index is 0.0586. The minimum Gasteiger partial charge on any atom is -0.393 e. The Morgan fingerprint density at radius 2 is 1.41 bits per heavy atom. The van der Waals surface area contributed by atoms with Gasteiger partial charge in [0, 0.05) is 0 Å². The molecule has 0 unspecified atom stereocenters. The second-order valence-electron chi connectivity index (χ2n) is 15.7. The van der Waals surface area contributed by atoms with E-state index in [9.17, 15) is 5.11 Å². The molecule has 32 heavy (non-hydrogen) atoms. The SMILES string of the molecule is CC1(C)CC[C@]23CC[C@]4(C)[C@H](CC[C@H]5[C@@]6(C)CC[C@H](O)C(C)(C)[C@@H]6CC[C@]54C)[C@H]2[C@H]1OC3. The predicted molar refractivity (Wildman–Crippen MR) is 130 cm³/mol. The van der Waals surface area contributed by atoms with E-state index in [4.69, 9.17) is 4.74 Å². The van der Waals surface area contributed by atoms with Crippen LogP contribution in [0.25, 0.3) is 0 Å². The van der Waals surface area contributed by atoms with Crippen LogP contribution in [-0.2, 0) is 4.74 Å². The van der Waals surface area contributed by atoms with Crippen molar-refractivity contribution >= 4 is 0 Å². The van der Waals surface area contributed by atoms with E-state index in [0.717, 1.165) is 30.8 Å². The van der Waals surface area contributed by atoms with Gasteiger partial charge in [-0.05, 0) is 120 Å². The quantitative estimate of drug-likeness (QED) is 0.428. The number of ether oxygens (including phenoxy) is 1. The van der Waals surface area contributed by atoms with Gasteiger partial charge in [0.25, 0.3) is 0 Å². The predicted octanol–water partition coefficient (Wildman–Crippen LogP) is 7.24. The van der Waals surface area contributed by atoms with Crippen LogP contribution in [0.4, 0.5) is 0 Å². The van der Waals surface area contributed by atoms with Gasteiger partial charge in [0.05, 0.1) is 18.8 Å². The molecule has 2 nitrogen and oxygen atoms in total. The summed E-state index contributed by atoms with van der Waals surface area (Å²) in [7, 11) is 0. The van der Waals surface area contributed by atoms with Crippen LogP contribution in [0.5, 0.6) is 0 Å². The van der Waals surface area contributed by atoms with Gasteiger partial charge in [0.1, 0.15) is 0 Å². The molecule has 2 heteroatoms. The molecule has 0 aromatic heterocycles. The molecular weight excluding hydrogens is 392 g/mol. The maximum absolute atomic E-state index is 10.9. The Labute approximate surface area is 197 Å². The van der Waals surface area contributed by atoms with Crippen molar-refractivity contribution in [2.45, 2.75) is 125 Å². The number of aliphatic hydroxyl groups is 1. The summed E-state index contributed by atoms with van der Waals surface area (Å²) in [6.45, 7) is 18.9. The third-order valence-electron chi connectivity index (χ3n) is 14.1. The normalized spacial score (nSPS) is 60.0.